The smallest absolute Gasteiger partial charge is 0.311 e. The van der Waals surface area contributed by atoms with Crippen molar-refractivity contribution < 1.29 is 33.2 Å². The summed E-state index contributed by atoms with van der Waals surface area (Å²) in [7, 11) is 0. The number of hydrogen-bond acceptors (Lipinski definition) is 7. The molecule has 47 heavy (non-hydrogen) atoms. The average molecular weight is 649 g/mol. The fraction of sp³-hybridized carbons (Fsp3) is 0.675. The second-order valence-electron chi connectivity index (χ2n) is 15.7. The molecule has 0 radical (unpaired) electrons. The van der Waals surface area contributed by atoms with Crippen LogP contribution < -0.4 is 0 Å². The lowest BCUT2D eigenvalue weighted by atomic mass is 9.74. The van der Waals surface area contributed by atoms with E-state index in [1.54, 1.807) is 0 Å². The molecule has 0 aliphatic carbocycles. The number of fused-ring (bicyclic) bond motifs is 5. The summed E-state index contributed by atoms with van der Waals surface area (Å²) in [5, 5.41) is 0. The van der Waals surface area contributed by atoms with Crippen LogP contribution in [-0.4, -0.2) is 48.7 Å². The van der Waals surface area contributed by atoms with Crippen molar-refractivity contribution in [3.63, 3.8) is 0 Å². The number of carbonyl (C=O) groups excluding carboxylic acids is 1. The van der Waals surface area contributed by atoms with E-state index < -0.39 is 24.1 Å². The van der Waals surface area contributed by atoms with Gasteiger partial charge in [-0.15, -0.1) is 0 Å². The first kappa shape index (κ1) is 34.6. The minimum atomic E-state index is -0.584. The summed E-state index contributed by atoms with van der Waals surface area (Å²) < 4.78 is 40.3. The molecule has 1 spiro atoms. The van der Waals surface area contributed by atoms with E-state index in [4.69, 9.17) is 28.4 Å². The Hall–Kier alpha value is -2.29. The maximum atomic E-state index is 13.9. The topological polar surface area (TPSA) is 75.8 Å². The van der Waals surface area contributed by atoms with Gasteiger partial charge < -0.3 is 28.4 Å². The first-order valence-electron chi connectivity index (χ1n) is 17.7. The highest BCUT2D eigenvalue weighted by Crippen LogP contribution is 2.52. The third-order valence-electron chi connectivity index (χ3n) is 11.8. The van der Waals surface area contributed by atoms with Crippen LogP contribution in [0.15, 0.2) is 24.3 Å². The first-order chi connectivity index (χ1) is 22.1. The Morgan fingerprint density at radius 2 is 1.09 bits per heavy atom. The SMILES string of the molecule is Cc1cc(C)c([C@H]2O[C@@H]3[C@@H](C)[C@H](O2)[C@@H](C)C(=O)O[C@H](C)[C@H](C)[C@@H]2O[C@H](c4c(C)cc(C)cc4C)O[C@H]([C@@H]2C)[C@]2(CO2)C[C@@H]3C)c(C)c1. The second kappa shape index (κ2) is 12.9. The monoisotopic (exact) mass is 648 g/mol. The van der Waals surface area contributed by atoms with Gasteiger partial charge in [-0.2, -0.15) is 0 Å². The maximum absolute atomic E-state index is 13.9. The minimum absolute atomic E-state index is 0.00918. The molecule has 13 atom stereocenters. The zero-order valence-electron chi connectivity index (χ0n) is 30.5. The third kappa shape index (κ3) is 6.32. The van der Waals surface area contributed by atoms with E-state index in [0.717, 1.165) is 39.8 Å². The zero-order chi connectivity index (χ0) is 34.1. The Labute approximate surface area is 282 Å². The van der Waals surface area contributed by atoms with E-state index in [1.807, 2.05) is 13.8 Å². The standard InChI is InChI=1S/C40H56O7/c1-19-13-21(3)31(22(4)14-19)38-44-33-25(7)17-40(18-42-40)36-28(10)34(45-39(47-36)32-23(5)15-20(2)16-24(32)6)26(8)30(12)43-37(41)29(11)35(46-38)27(33)9/h13-16,25-30,33-36,38-39H,17-18H2,1-12H3/t25-,26-,27+,28+,29+,30+,33-,34-,35-,36+,38-,39-,40+/m0/s1. The average Bonchev–Trinajstić information content (AvgIpc) is 3.76. The summed E-state index contributed by atoms with van der Waals surface area (Å²) in [6.07, 6.45) is -1.69. The lowest BCUT2D eigenvalue weighted by Crippen LogP contribution is -2.55. The summed E-state index contributed by atoms with van der Waals surface area (Å²) in [5.74, 6) is -0.741. The number of aryl methyl sites for hydroxylation is 6. The molecule has 2 aromatic rings. The van der Waals surface area contributed by atoms with Crippen molar-refractivity contribution in [2.24, 2.45) is 29.6 Å². The molecule has 0 amide bonds. The molecule has 4 heterocycles. The van der Waals surface area contributed by atoms with E-state index in [9.17, 15) is 4.79 Å². The number of esters is 1. The largest absolute Gasteiger partial charge is 0.462 e. The van der Waals surface area contributed by atoms with Crippen LogP contribution in [0.2, 0.25) is 0 Å². The van der Waals surface area contributed by atoms with Gasteiger partial charge >= 0.3 is 5.97 Å². The molecule has 4 saturated heterocycles. The first-order valence-corrected chi connectivity index (χ1v) is 17.7. The fourth-order valence-electron chi connectivity index (χ4n) is 9.26. The van der Waals surface area contributed by atoms with Crippen LogP contribution >= 0.6 is 0 Å². The Bertz CT molecular complexity index is 1450. The van der Waals surface area contributed by atoms with Crippen LogP contribution in [0, 0.1) is 71.1 Å². The minimum Gasteiger partial charge on any atom is -0.462 e. The van der Waals surface area contributed by atoms with Crippen LogP contribution in [0.4, 0.5) is 0 Å². The molecular formula is C40H56O7. The molecule has 0 N–H and O–H groups in total. The highest BCUT2D eigenvalue weighted by atomic mass is 16.7. The predicted molar refractivity (Wildman–Crippen MR) is 181 cm³/mol. The molecule has 4 aliphatic rings. The van der Waals surface area contributed by atoms with Crippen molar-refractivity contribution in [3.05, 3.63) is 68.8 Å². The van der Waals surface area contributed by atoms with E-state index >= 15 is 0 Å². The number of cyclic esters (lactones) is 1. The Balaban J connectivity index is 1.41. The van der Waals surface area contributed by atoms with Crippen LogP contribution in [0.25, 0.3) is 0 Å². The van der Waals surface area contributed by atoms with Crippen molar-refractivity contribution in [1.82, 2.24) is 0 Å². The summed E-state index contributed by atoms with van der Waals surface area (Å²) in [6, 6.07) is 8.74. The molecular weight excluding hydrogens is 592 g/mol. The van der Waals surface area contributed by atoms with E-state index in [-0.39, 0.29) is 60.2 Å². The molecule has 4 aliphatic heterocycles. The third-order valence-corrected chi connectivity index (χ3v) is 11.8. The predicted octanol–water partition coefficient (Wildman–Crippen LogP) is 8.09. The van der Waals surface area contributed by atoms with Crippen molar-refractivity contribution >= 4 is 5.97 Å². The molecule has 6 rings (SSSR count). The van der Waals surface area contributed by atoms with Gasteiger partial charge in [-0.1, -0.05) is 63.1 Å². The van der Waals surface area contributed by atoms with Gasteiger partial charge in [0.25, 0.3) is 0 Å². The molecule has 7 nitrogen and oxygen atoms in total. The molecule has 258 valence electrons. The molecule has 7 heteroatoms. The van der Waals surface area contributed by atoms with Gasteiger partial charge in [-0.25, -0.2) is 0 Å². The molecule has 4 bridgehead atoms. The van der Waals surface area contributed by atoms with E-state index in [2.05, 4.69) is 93.5 Å². The van der Waals surface area contributed by atoms with Gasteiger partial charge in [-0.3, -0.25) is 4.79 Å². The van der Waals surface area contributed by atoms with Gasteiger partial charge in [0.1, 0.15) is 11.7 Å². The van der Waals surface area contributed by atoms with Gasteiger partial charge in [-0.05, 0) is 90.0 Å². The number of epoxide rings is 1. The quantitative estimate of drug-likeness (QED) is 0.241. The number of rotatable bonds is 2. The van der Waals surface area contributed by atoms with E-state index in [1.165, 1.54) is 11.1 Å². The molecule has 0 saturated carbocycles. The van der Waals surface area contributed by atoms with Crippen LogP contribution in [0.3, 0.4) is 0 Å². The van der Waals surface area contributed by atoms with Crippen molar-refractivity contribution in [3.8, 4) is 0 Å². The van der Waals surface area contributed by atoms with Gasteiger partial charge in [0.05, 0.1) is 36.9 Å². The normalized spacial score (nSPS) is 40.9. The maximum Gasteiger partial charge on any atom is 0.311 e. The number of hydrogen-bond donors (Lipinski definition) is 0. The van der Waals surface area contributed by atoms with E-state index in [0.29, 0.717) is 6.61 Å². The zero-order valence-corrected chi connectivity index (χ0v) is 30.5. The molecule has 0 unspecified atom stereocenters. The Morgan fingerprint density at radius 3 is 1.60 bits per heavy atom. The van der Waals surface area contributed by atoms with Crippen LogP contribution in [0.1, 0.15) is 105 Å². The second-order valence-corrected chi connectivity index (χ2v) is 15.7. The van der Waals surface area contributed by atoms with Crippen molar-refractivity contribution in [2.45, 2.75) is 138 Å². The van der Waals surface area contributed by atoms with Crippen LogP contribution in [0.5, 0.6) is 0 Å². The fourth-order valence-corrected chi connectivity index (χ4v) is 9.26. The van der Waals surface area contributed by atoms with Crippen molar-refractivity contribution in [1.29, 1.82) is 0 Å². The van der Waals surface area contributed by atoms with Gasteiger partial charge in [0.2, 0.25) is 0 Å². The Kier molecular flexibility index (Phi) is 9.47. The lowest BCUT2D eigenvalue weighted by Gasteiger charge is -2.49. The summed E-state index contributed by atoms with van der Waals surface area (Å²) in [6.45, 7) is 26.0. The van der Waals surface area contributed by atoms with Gasteiger partial charge in [0.15, 0.2) is 12.6 Å². The highest BCUT2D eigenvalue weighted by molar-refractivity contribution is 5.73. The summed E-state index contributed by atoms with van der Waals surface area (Å²) in [5.41, 5.74) is 8.64. The Morgan fingerprint density at radius 1 is 0.617 bits per heavy atom. The number of carbonyl (C=O) groups is 1. The molecule has 2 aromatic carbocycles. The highest BCUT2D eigenvalue weighted by Gasteiger charge is 2.61. The molecule has 0 aromatic heterocycles. The van der Waals surface area contributed by atoms with Crippen molar-refractivity contribution in [2.75, 3.05) is 6.61 Å². The molecule has 4 fully saturated rings. The summed E-state index contributed by atoms with van der Waals surface area (Å²) >= 11 is 0. The lowest BCUT2D eigenvalue weighted by molar-refractivity contribution is -0.306. The van der Waals surface area contributed by atoms with Crippen LogP contribution in [-0.2, 0) is 33.2 Å². The number of ether oxygens (including phenoxy) is 6. The van der Waals surface area contributed by atoms with Gasteiger partial charge in [0, 0.05) is 28.9 Å². The number of benzene rings is 2. The summed E-state index contributed by atoms with van der Waals surface area (Å²) in [4.78, 5) is 13.9.